The van der Waals surface area contributed by atoms with Gasteiger partial charge in [-0.15, -0.1) is 0 Å². The molecule has 1 fully saturated rings. The molecule has 0 N–H and O–H groups in total. The Hall–Kier alpha value is -2.92. The van der Waals surface area contributed by atoms with Gasteiger partial charge in [0.25, 0.3) is 10.0 Å². The Morgan fingerprint density at radius 1 is 1.19 bits per heavy atom. The number of hydrogen-bond acceptors (Lipinski definition) is 5. The summed E-state index contributed by atoms with van der Waals surface area (Å²) in [6.45, 7) is 3.43. The van der Waals surface area contributed by atoms with Gasteiger partial charge in [0, 0.05) is 37.6 Å². The highest BCUT2D eigenvalue weighted by molar-refractivity contribution is 7.89. The van der Waals surface area contributed by atoms with Crippen LogP contribution < -0.4 is 4.90 Å². The van der Waals surface area contributed by atoms with Gasteiger partial charge in [0.15, 0.2) is 5.03 Å². The zero-order valence-corrected chi connectivity index (χ0v) is 19.2. The molecule has 1 saturated heterocycles. The summed E-state index contributed by atoms with van der Waals surface area (Å²) in [5.41, 5.74) is 3.59. The molecule has 4 rings (SSSR count). The predicted molar refractivity (Wildman–Crippen MR) is 125 cm³/mol. The molecule has 2 aromatic carbocycles. The van der Waals surface area contributed by atoms with E-state index in [0.29, 0.717) is 36.6 Å². The maximum Gasteiger partial charge on any atom is 0.260 e. The molecule has 0 radical (unpaired) electrons. The van der Waals surface area contributed by atoms with Crippen LogP contribution in [0.2, 0.25) is 5.02 Å². The fourth-order valence-electron chi connectivity index (χ4n) is 3.99. The Balaban J connectivity index is 1.66. The molecule has 2 heterocycles. The number of halogens is 1. The highest BCUT2D eigenvalue weighted by Crippen LogP contribution is 2.31. The SMILES string of the molecule is Cc1ccccc1CN(c1ccc(C#N)c(Cl)c1)[C@H]1CCN(S(=O)(=O)c2ccccn2)C1. The Kier molecular flexibility index (Phi) is 6.47. The predicted octanol–water partition coefficient (Wildman–Crippen LogP) is 4.38. The molecule has 0 unspecified atom stereocenters. The molecule has 3 aromatic rings. The van der Waals surface area contributed by atoms with Gasteiger partial charge < -0.3 is 4.90 Å². The fraction of sp³-hybridized carbons (Fsp3) is 0.250. The molecule has 8 heteroatoms. The number of nitrogens with zero attached hydrogens (tertiary/aromatic N) is 4. The van der Waals surface area contributed by atoms with Gasteiger partial charge in [-0.1, -0.05) is 41.9 Å². The van der Waals surface area contributed by atoms with E-state index >= 15 is 0 Å². The van der Waals surface area contributed by atoms with Crippen molar-refractivity contribution < 1.29 is 8.42 Å². The van der Waals surface area contributed by atoms with Gasteiger partial charge in [-0.25, -0.2) is 13.4 Å². The first kappa shape index (κ1) is 22.3. The first-order valence-electron chi connectivity index (χ1n) is 10.3. The summed E-state index contributed by atoms with van der Waals surface area (Å²) in [4.78, 5) is 6.23. The fourth-order valence-corrected chi connectivity index (χ4v) is 5.63. The van der Waals surface area contributed by atoms with Gasteiger partial charge in [-0.3, -0.25) is 0 Å². The van der Waals surface area contributed by atoms with E-state index in [9.17, 15) is 13.7 Å². The van der Waals surface area contributed by atoms with E-state index in [0.717, 1.165) is 16.8 Å². The standard InChI is InChI=1S/C24H23ClN4O2S/c1-18-6-2-3-7-20(18)16-29(21-10-9-19(15-26)23(25)14-21)22-11-13-28(17-22)32(30,31)24-8-4-5-12-27-24/h2-10,12,14,22H,11,13,16-17H2,1H3/t22-/m0/s1. The van der Waals surface area contributed by atoms with Gasteiger partial charge >= 0.3 is 0 Å². The van der Waals surface area contributed by atoms with Crippen molar-refractivity contribution in [2.24, 2.45) is 0 Å². The van der Waals surface area contributed by atoms with Crippen molar-refractivity contribution >= 4 is 27.3 Å². The van der Waals surface area contributed by atoms with E-state index < -0.39 is 10.0 Å². The number of aryl methyl sites for hydroxylation is 1. The number of hydrogen-bond donors (Lipinski definition) is 0. The lowest BCUT2D eigenvalue weighted by molar-refractivity contribution is 0.465. The number of benzene rings is 2. The average molecular weight is 467 g/mol. The molecule has 1 aliphatic rings. The van der Waals surface area contributed by atoms with Crippen molar-refractivity contribution in [2.75, 3.05) is 18.0 Å². The lowest BCUT2D eigenvalue weighted by Gasteiger charge is -2.32. The van der Waals surface area contributed by atoms with E-state index in [-0.39, 0.29) is 11.1 Å². The van der Waals surface area contributed by atoms with Crippen LogP contribution in [0.3, 0.4) is 0 Å². The van der Waals surface area contributed by atoms with E-state index in [2.05, 4.69) is 35.0 Å². The van der Waals surface area contributed by atoms with Crippen molar-refractivity contribution in [3.63, 3.8) is 0 Å². The van der Waals surface area contributed by atoms with Crippen molar-refractivity contribution in [1.29, 1.82) is 5.26 Å². The number of anilines is 1. The molecule has 164 valence electrons. The van der Waals surface area contributed by atoms with Crippen LogP contribution in [0.5, 0.6) is 0 Å². The minimum absolute atomic E-state index is 0.0444. The zero-order chi connectivity index (χ0) is 22.7. The van der Waals surface area contributed by atoms with Crippen LogP contribution in [0, 0.1) is 18.3 Å². The third kappa shape index (κ3) is 4.49. The van der Waals surface area contributed by atoms with Gasteiger partial charge in [0.2, 0.25) is 0 Å². The largest absolute Gasteiger partial charge is 0.363 e. The Morgan fingerprint density at radius 3 is 2.66 bits per heavy atom. The normalized spacial score (nSPS) is 16.6. The summed E-state index contributed by atoms with van der Waals surface area (Å²) in [5.74, 6) is 0. The van der Waals surface area contributed by atoms with Gasteiger partial charge in [0.05, 0.1) is 10.6 Å². The van der Waals surface area contributed by atoms with E-state index in [1.165, 1.54) is 16.6 Å². The maximum atomic E-state index is 13.1. The van der Waals surface area contributed by atoms with Crippen molar-refractivity contribution in [2.45, 2.75) is 31.0 Å². The van der Waals surface area contributed by atoms with E-state index in [4.69, 9.17) is 11.6 Å². The van der Waals surface area contributed by atoms with E-state index in [1.54, 1.807) is 24.3 Å². The molecule has 6 nitrogen and oxygen atoms in total. The molecule has 32 heavy (non-hydrogen) atoms. The lowest BCUT2D eigenvalue weighted by Crippen LogP contribution is -2.39. The number of aromatic nitrogens is 1. The highest BCUT2D eigenvalue weighted by atomic mass is 35.5. The Labute approximate surface area is 193 Å². The first-order chi connectivity index (χ1) is 15.4. The number of nitriles is 1. The zero-order valence-electron chi connectivity index (χ0n) is 17.6. The van der Waals surface area contributed by atoms with Crippen LogP contribution in [0.25, 0.3) is 0 Å². The summed E-state index contributed by atoms with van der Waals surface area (Å²) in [7, 11) is -3.66. The quantitative estimate of drug-likeness (QED) is 0.538. The first-order valence-corrected chi connectivity index (χ1v) is 12.1. The third-order valence-corrected chi connectivity index (χ3v) is 7.91. The summed E-state index contributed by atoms with van der Waals surface area (Å²) in [5, 5.41) is 9.68. The monoisotopic (exact) mass is 466 g/mol. The molecule has 0 amide bonds. The van der Waals surface area contributed by atoms with Crippen LogP contribution in [0.1, 0.15) is 23.1 Å². The minimum atomic E-state index is -3.66. The molecule has 0 aliphatic carbocycles. The van der Waals surface area contributed by atoms with Gasteiger partial charge in [-0.05, 0) is 54.8 Å². The van der Waals surface area contributed by atoms with Crippen molar-refractivity contribution in [3.05, 3.63) is 88.6 Å². The number of sulfonamides is 1. The second kappa shape index (κ2) is 9.29. The van der Waals surface area contributed by atoms with Crippen molar-refractivity contribution in [1.82, 2.24) is 9.29 Å². The smallest absolute Gasteiger partial charge is 0.260 e. The van der Waals surface area contributed by atoms with Crippen molar-refractivity contribution in [3.8, 4) is 6.07 Å². The lowest BCUT2D eigenvalue weighted by atomic mass is 10.1. The molecule has 1 aliphatic heterocycles. The van der Waals surface area contributed by atoms with E-state index in [1.807, 2.05) is 18.2 Å². The Bertz CT molecular complexity index is 1260. The molecular weight excluding hydrogens is 444 g/mol. The second-order valence-corrected chi connectivity index (χ2v) is 10.1. The molecule has 0 spiro atoms. The maximum absolute atomic E-state index is 13.1. The summed E-state index contributed by atoms with van der Waals surface area (Å²) >= 11 is 6.33. The molecule has 1 aromatic heterocycles. The summed E-state index contributed by atoms with van der Waals surface area (Å²) < 4.78 is 27.6. The molecule has 0 bridgehead atoms. The third-order valence-electron chi connectivity index (χ3n) is 5.82. The van der Waals surface area contributed by atoms with Crippen LogP contribution in [-0.2, 0) is 16.6 Å². The number of rotatable bonds is 6. The topological polar surface area (TPSA) is 77.3 Å². The molecule has 0 saturated carbocycles. The summed E-state index contributed by atoms with van der Waals surface area (Å²) in [6.07, 6.45) is 2.17. The van der Waals surface area contributed by atoms with Crippen LogP contribution in [0.15, 0.2) is 71.9 Å². The van der Waals surface area contributed by atoms with Crippen LogP contribution >= 0.6 is 11.6 Å². The van der Waals surface area contributed by atoms with Gasteiger partial charge in [0.1, 0.15) is 6.07 Å². The molecular formula is C24H23ClN4O2S. The van der Waals surface area contributed by atoms with Crippen LogP contribution in [-0.4, -0.2) is 36.8 Å². The average Bonchev–Trinajstić information content (AvgIpc) is 3.30. The highest BCUT2D eigenvalue weighted by Gasteiger charge is 2.36. The summed E-state index contributed by atoms with van der Waals surface area (Å²) in [6, 6.07) is 20.4. The van der Waals surface area contributed by atoms with Gasteiger partial charge in [-0.2, -0.15) is 9.57 Å². The Morgan fingerprint density at radius 2 is 1.97 bits per heavy atom. The molecule has 1 atom stereocenters. The number of pyridine rings is 1. The second-order valence-electron chi connectivity index (χ2n) is 7.80. The minimum Gasteiger partial charge on any atom is -0.363 e. The van der Waals surface area contributed by atoms with Crippen LogP contribution in [0.4, 0.5) is 5.69 Å².